The van der Waals surface area contributed by atoms with Gasteiger partial charge < -0.3 is 23.8 Å². The van der Waals surface area contributed by atoms with Crippen molar-refractivity contribution in [2.45, 2.75) is 13.5 Å². The molecule has 184 valence electrons. The van der Waals surface area contributed by atoms with Crippen LogP contribution in [-0.4, -0.2) is 28.0 Å². The Balaban J connectivity index is 1.50. The number of benzene rings is 3. The zero-order chi connectivity index (χ0) is 25.7. The maximum atomic E-state index is 12.5. The van der Waals surface area contributed by atoms with Crippen LogP contribution in [0, 0.1) is 6.92 Å². The maximum absolute atomic E-state index is 12.5. The number of methoxy groups -OCH3 is 1. The van der Waals surface area contributed by atoms with Crippen molar-refractivity contribution in [2.24, 2.45) is 0 Å². The molecule has 0 unspecified atom stereocenters. The number of nitrogens with zero attached hydrogens (tertiary/aromatic N) is 1. The molecule has 0 aliphatic rings. The molecule has 9 heteroatoms. The fourth-order valence-corrected chi connectivity index (χ4v) is 4.05. The minimum absolute atomic E-state index is 0.0100. The summed E-state index contributed by atoms with van der Waals surface area (Å²) in [6.07, 6.45) is -0.657. The van der Waals surface area contributed by atoms with Gasteiger partial charge in [0.05, 0.1) is 18.3 Å². The van der Waals surface area contributed by atoms with Crippen molar-refractivity contribution in [3.05, 3.63) is 102 Å². The molecule has 0 fully saturated rings. The van der Waals surface area contributed by atoms with Gasteiger partial charge in [-0.1, -0.05) is 43.0 Å². The Hall–Kier alpha value is -3.97. The summed E-state index contributed by atoms with van der Waals surface area (Å²) in [6.45, 7) is 6.26. The van der Waals surface area contributed by atoms with Crippen LogP contribution in [0.15, 0.2) is 79.4 Å². The van der Waals surface area contributed by atoms with Gasteiger partial charge in [0.1, 0.15) is 18.1 Å². The molecule has 1 amide bonds. The fourth-order valence-electron chi connectivity index (χ4n) is 3.74. The number of para-hydroxylation sites is 1. The summed E-state index contributed by atoms with van der Waals surface area (Å²) in [6, 6.07) is 21.8. The first-order valence-corrected chi connectivity index (χ1v) is 12.1. The molecule has 0 aliphatic heterocycles. The SMILES string of the molecule is C=C(c1ccc(OC)c(NC(=O)OCc2ccc(OP(O)O)cc2)c1)c1cc(C)nc2ccccc12. The van der Waals surface area contributed by atoms with Crippen molar-refractivity contribution in [3.63, 3.8) is 0 Å². The third kappa shape index (κ3) is 5.98. The zero-order valence-electron chi connectivity index (χ0n) is 19.8. The zero-order valence-corrected chi connectivity index (χ0v) is 20.7. The number of aromatic nitrogens is 1. The molecule has 1 heterocycles. The number of nitrogens with one attached hydrogen (secondary N) is 1. The van der Waals surface area contributed by atoms with Gasteiger partial charge in [0.25, 0.3) is 0 Å². The van der Waals surface area contributed by atoms with Crippen molar-refractivity contribution in [3.8, 4) is 11.5 Å². The largest absolute Gasteiger partial charge is 0.495 e. The highest BCUT2D eigenvalue weighted by molar-refractivity contribution is 7.39. The molecule has 1 aromatic heterocycles. The van der Waals surface area contributed by atoms with E-state index in [9.17, 15) is 4.79 Å². The molecular weight excluding hydrogens is 479 g/mol. The number of amides is 1. The summed E-state index contributed by atoms with van der Waals surface area (Å²) in [7, 11) is -0.966. The summed E-state index contributed by atoms with van der Waals surface area (Å²) >= 11 is 0. The monoisotopic (exact) mass is 504 g/mol. The average Bonchev–Trinajstić information content (AvgIpc) is 2.87. The quantitative estimate of drug-likeness (QED) is 0.254. The van der Waals surface area contributed by atoms with E-state index in [1.165, 1.54) is 7.11 Å². The molecule has 4 rings (SSSR count). The van der Waals surface area contributed by atoms with Gasteiger partial charge in [-0.3, -0.25) is 10.3 Å². The molecule has 3 aromatic carbocycles. The van der Waals surface area contributed by atoms with Gasteiger partial charge in [-0.05, 0) is 65.6 Å². The van der Waals surface area contributed by atoms with Crippen LogP contribution in [0.5, 0.6) is 11.5 Å². The molecule has 0 aliphatic carbocycles. The van der Waals surface area contributed by atoms with Gasteiger partial charge in [-0.2, -0.15) is 0 Å². The highest BCUT2D eigenvalue weighted by atomic mass is 31.2. The van der Waals surface area contributed by atoms with E-state index in [1.54, 1.807) is 36.4 Å². The number of hydrogen-bond donors (Lipinski definition) is 3. The Labute approximate surface area is 209 Å². The number of hydrogen-bond acceptors (Lipinski definition) is 7. The lowest BCUT2D eigenvalue weighted by Crippen LogP contribution is -2.14. The van der Waals surface area contributed by atoms with Crippen LogP contribution >= 0.6 is 8.60 Å². The normalized spacial score (nSPS) is 10.8. The van der Waals surface area contributed by atoms with Crippen LogP contribution in [0.25, 0.3) is 16.5 Å². The van der Waals surface area contributed by atoms with Gasteiger partial charge in [-0.25, -0.2) is 4.79 Å². The summed E-state index contributed by atoms with van der Waals surface area (Å²) < 4.78 is 15.6. The van der Waals surface area contributed by atoms with Crippen molar-refractivity contribution in [2.75, 3.05) is 12.4 Å². The van der Waals surface area contributed by atoms with E-state index in [-0.39, 0.29) is 6.61 Å². The Morgan fingerprint density at radius 3 is 2.53 bits per heavy atom. The smallest absolute Gasteiger partial charge is 0.412 e. The number of carbonyl (C=O) groups excluding carboxylic acids is 1. The van der Waals surface area contributed by atoms with Gasteiger partial charge in [0.2, 0.25) is 0 Å². The molecule has 0 atom stereocenters. The van der Waals surface area contributed by atoms with Gasteiger partial charge >= 0.3 is 14.7 Å². The lowest BCUT2D eigenvalue weighted by atomic mass is 9.95. The summed E-state index contributed by atoms with van der Waals surface area (Å²) in [5, 5.41) is 3.73. The Bertz CT molecular complexity index is 1410. The number of pyridine rings is 1. The molecule has 0 saturated heterocycles. The Kier molecular flexibility index (Phi) is 7.80. The number of ether oxygens (including phenoxy) is 2. The van der Waals surface area contributed by atoms with E-state index in [4.69, 9.17) is 23.8 Å². The minimum Gasteiger partial charge on any atom is -0.495 e. The first-order chi connectivity index (χ1) is 17.3. The van der Waals surface area contributed by atoms with Gasteiger partial charge in [0, 0.05) is 11.1 Å². The van der Waals surface area contributed by atoms with Gasteiger partial charge in [0.15, 0.2) is 0 Å². The summed E-state index contributed by atoms with van der Waals surface area (Å²) in [5.74, 6) is 0.781. The average molecular weight is 504 g/mol. The summed E-state index contributed by atoms with van der Waals surface area (Å²) in [5.41, 5.74) is 5.47. The van der Waals surface area contributed by atoms with Gasteiger partial charge in [-0.15, -0.1) is 0 Å². The van der Waals surface area contributed by atoms with Crippen LogP contribution < -0.4 is 14.6 Å². The number of aryl methyl sites for hydroxylation is 1. The molecule has 4 aromatic rings. The van der Waals surface area contributed by atoms with E-state index in [0.717, 1.165) is 33.3 Å². The third-order valence-corrected chi connectivity index (χ3v) is 5.81. The van der Waals surface area contributed by atoms with Crippen LogP contribution in [0.4, 0.5) is 10.5 Å². The van der Waals surface area contributed by atoms with Crippen molar-refractivity contribution >= 4 is 36.9 Å². The van der Waals surface area contributed by atoms with Crippen LogP contribution in [0.3, 0.4) is 0 Å². The lowest BCUT2D eigenvalue weighted by molar-refractivity contribution is 0.155. The highest BCUT2D eigenvalue weighted by Gasteiger charge is 2.14. The number of rotatable bonds is 8. The first-order valence-electron chi connectivity index (χ1n) is 11.0. The predicted molar refractivity (Wildman–Crippen MR) is 140 cm³/mol. The Morgan fingerprint density at radius 1 is 1.06 bits per heavy atom. The Morgan fingerprint density at radius 2 is 1.81 bits per heavy atom. The minimum atomic E-state index is -2.49. The van der Waals surface area contributed by atoms with Crippen LogP contribution in [0.2, 0.25) is 0 Å². The number of fused-ring (bicyclic) bond motifs is 1. The van der Waals surface area contributed by atoms with E-state index < -0.39 is 14.7 Å². The van der Waals surface area contributed by atoms with E-state index in [2.05, 4.69) is 16.9 Å². The molecular formula is C27H25N2O6P. The van der Waals surface area contributed by atoms with Crippen LogP contribution in [0.1, 0.15) is 22.4 Å². The van der Waals surface area contributed by atoms with Crippen molar-refractivity contribution < 1.29 is 28.6 Å². The van der Waals surface area contributed by atoms with E-state index >= 15 is 0 Å². The molecule has 0 bridgehead atoms. The topological polar surface area (TPSA) is 110 Å². The fraction of sp³-hybridized carbons (Fsp3) is 0.111. The van der Waals surface area contributed by atoms with E-state index in [0.29, 0.717) is 22.7 Å². The second-order valence-electron chi connectivity index (χ2n) is 7.91. The molecule has 3 N–H and O–H groups in total. The maximum Gasteiger partial charge on any atom is 0.412 e. The second-order valence-corrected chi connectivity index (χ2v) is 8.60. The molecule has 0 spiro atoms. The molecule has 0 saturated carbocycles. The molecule has 0 radical (unpaired) electrons. The second kappa shape index (κ2) is 11.2. The van der Waals surface area contributed by atoms with E-state index in [1.807, 2.05) is 43.3 Å². The number of carbonyl (C=O) groups is 1. The lowest BCUT2D eigenvalue weighted by Gasteiger charge is -2.15. The number of anilines is 1. The van der Waals surface area contributed by atoms with Crippen LogP contribution in [-0.2, 0) is 11.3 Å². The van der Waals surface area contributed by atoms with Crippen molar-refractivity contribution in [1.82, 2.24) is 4.98 Å². The first kappa shape index (κ1) is 25.1. The standard InChI is InChI=1S/C27H25N2O6P/c1-17-14-23(22-6-4-5-7-24(22)28-17)18(2)20-10-13-26(33-3)25(15-20)29-27(30)34-16-19-8-11-21(12-9-19)35-36(31)32/h4-15,31-32H,2,16H2,1,3H3,(H,29,30). The predicted octanol–water partition coefficient (Wildman–Crippen LogP) is 5.95. The third-order valence-electron chi connectivity index (χ3n) is 5.43. The highest BCUT2D eigenvalue weighted by Crippen LogP contribution is 2.34. The molecule has 36 heavy (non-hydrogen) atoms. The summed E-state index contributed by atoms with van der Waals surface area (Å²) in [4.78, 5) is 35.0. The van der Waals surface area contributed by atoms with Crippen molar-refractivity contribution in [1.29, 1.82) is 0 Å². The molecule has 8 nitrogen and oxygen atoms in total.